The Morgan fingerprint density at radius 2 is 1.43 bits per heavy atom. The van der Waals surface area contributed by atoms with Crippen LogP contribution in [0.4, 0.5) is 8.78 Å². The molecule has 0 bridgehead atoms. The summed E-state index contributed by atoms with van der Waals surface area (Å²) in [7, 11) is 4.78. The number of rotatable bonds is 15. The maximum atomic E-state index is 13.6. The molecule has 1 atom stereocenters. The van der Waals surface area contributed by atoms with Crippen LogP contribution in [0.2, 0.25) is 0 Å². The van der Waals surface area contributed by atoms with E-state index in [9.17, 15) is 13.6 Å². The molecule has 238 valence electrons. The minimum absolute atomic E-state index is 0.0576. The molecule has 3 aromatic carbocycles. The molecule has 3 aromatic rings. The van der Waals surface area contributed by atoms with Crippen LogP contribution < -0.4 is 14.2 Å². The second-order valence-electron chi connectivity index (χ2n) is 11.1. The van der Waals surface area contributed by atoms with Gasteiger partial charge in [-0.15, -0.1) is 0 Å². The van der Waals surface area contributed by atoms with Crippen molar-refractivity contribution in [1.29, 1.82) is 0 Å². The Kier molecular flexibility index (Phi) is 12.4. The van der Waals surface area contributed by atoms with Gasteiger partial charge in [-0.2, -0.15) is 0 Å². The molecule has 0 aromatic heterocycles. The lowest BCUT2D eigenvalue weighted by Gasteiger charge is -2.40. The number of hydrogen-bond donors (Lipinski definition) is 0. The molecule has 1 fully saturated rings. The van der Waals surface area contributed by atoms with E-state index < -0.39 is 0 Å². The van der Waals surface area contributed by atoms with Crippen molar-refractivity contribution >= 4 is 5.97 Å². The Hall–Kier alpha value is -3.69. The predicted molar refractivity (Wildman–Crippen MR) is 166 cm³/mol. The van der Waals surface area contributed by atoms with Crippen molar-refractivity contribution in [3.63, 3.8) is 0 Å². The zero-order valence-corrected chi connectivity index (χ0v) is 26.2. The summed E-state index contributed by atoms with van der Waals surface area (Å²) in [5.74, 6) is 1.07. The Labute approximate surface area is 259 Å². The van der Waals surface area contributed by atoms with Gasteiger partial charge in [-0.25, -0.2) is 8.78 Å². The molecule has 4 rings (SSSR count). The molecule has 44 heavy (non-hydrogen) atoms. The number of nitrogens with zero attached hydrogens (tertiary/aromatic N) is 2. The highest BCUT2D eigenvalue weighted by Gasteiger charge is 2.33. The van der Waals surface area contributed by atoms with Gasteiger partial charge >= 0.3 is 5.97 Å². The van der Waals surface area contributed by atoms with Crippen molar-refractivity contribution in [1.82, 2.24) is 9.80 Å². The molecule has 0 spiro atoms. The molecule has 1 saturated heterocycles. The maximum Gasteiger partial charge on any atom is 0.324 e. The van der Waals surface area contributed by atoms with Crippen molar-refractivity contribution in [2.75, 3.05) is 54.1 Å². The molecule has 9 heteroatoms. The monoisotopic (exact) mass is 610 g/mol. The van der Waals surface area contributed by atoms with Crippen LogP contribution >= 0.6 is 0 Å². The third-order valence-electron chi connectivity index (χ3n) is 8.25. The smallest absolute Gasteiger partial charge is 0.324 e. The first-order valence-electron chi connectivity index (χ1n) is 15.3. The Balaban J connectivity index is 1.35. The van der Waals surface area contributed by atoms with Crippen molar-refractivity contribution < 1.29 is 32.5 Å². The second kappa shape index (κ2) is 16.4. The molecule has 1 heterocycles. The van der Waals surface area contributed by atoms with Gasteiger partial charge in [-0.1, -0.05) is 37.1 Å². The van der Waals surface area contributed by atoms with Crippen LogP contribution in [0.1, 0.15) is 55.2 Å². The molecule has 1 aliphatic heterocycles. The average Bonchev–Trinajstić information content (AvgIpc) is 3.04. The first-order chi connectivity index (χ1) is 21.4. The van der Waals surface area contributed by atoms with Crippen LogP contribution in [0, 0.1) is 11.6 Å². The zero-order chi connectivity index (χ0) is 31.5. The van der Waals surface area contributed by atoms with Crippen molar-refractivity contribution in [3.8, 4) is 17.2 Å². The Morgan fingerprint density at radius 3 is 1.95 bits per heavy atom. The molecule has 0 saturated carbocycles. The van der Waals surface area contributed by atoms with Gasteiger partial charge in [0.1, 0.15) is 17.7 Å². The number of hydrogen-bond acceptors (Lipinski definition) is 7. The highest BCUT2D eigenvalue weighted by Crippen LogP contribution is 2.38. The number of benzene rings is 3. The molecule has 0 radical (unpaired) electrons. The van der Waals surface area contributed by atoms with Crippen LogP contribution in [0.25, 0.3) is 0 Å². The van der Waals surface area contributed by atoms with Gasteiger partial charge in [-0.3, -0.25) is 14.6 Å². The number of unbranched alkanes of at least 4 members (excludes halogenated alkanes) is 2. The van der Waals surface area contributed by atoms with Gasteiger partial charge in [0.15, 0.2) is 11.5 Å². The number of carbonyl (C=O) groups is 1. The normalized spacial score (nSPS) is 15.8. The summed E-state index contributed by atoms with van der Waals surface area (Å²) in [4.78, 5) is 17.5. The van der Waals surface area contributed by atoms with Crippen molar-refractivity contribution in [2.24, 2.45) is 0 Å². The summed E-state index contributed by atoms with van der Waals surface area (Å²) in [5, 5.41) is 0. The molecule has 0 amide bonds. The average molecular weight is 611 g/mol. The number of methoxy groups -OCH3 is 3. The highest BCUT2D eigenvalue weighted by atomic mass is 19.1. The van der Waals surface area contributed by atoms with Crippen LogP contribution in [0.3, 0.4) is 0 Å². The Bertz CT molecular complexity index is 1270. The molecule has 7 nitrogen and oxygen atoms in total. The molecule has 0 N–H and O–H groups in total. The number of carbonyl (C=O) groups excluding carboxylic acids is 1. The van der Waals surface area contributed by atoms with Crippen LogP contribution in [-0.4, -0.2) is 75.9 Å². The molecule has 1 aliphatic rings. The van der Waals surface area contributed by atoms with Gasteiger partial charge in [0.25, 0.3) is 0 Å². The minimum Gasteiger partial charge on any atom is -0.493 e. The summed E-state index contributed by atoms with van der Waals surface area (Å²) in [5.41, 5.74) is 3.04. The van der Waals surface area contributed by atoms with E-state index in [0.717, 1.165) is 62.0 Å². The van der Waals surface area contributed by atoms with Crippen LogP contribution in [-0.2, 0) is 16.1 Å². The maximum absolute atomic E-state index is 13.6. The van der Waals surface area contributed by atoms with E-state index in [2.05, 4.69) is 9.80 Å². The quantitative estimate of drug-likeness (QED) is 0.145. The predicted octanol–water partition coefficient (Wildman–Crippen LogP) is 6.43. The summed E-state index contributed by atoms with van der Waals surface area (Å²) in [6.45, 7) is 5.72. The van der Waals surface area contributed by atoms with E-state index >= 15 is 0 Å². The number of piperazine rings is 1. The standard InChI is InChI=1S/C35H44F2N2O5/c1-5-44-35(40)31-24-38(23-25-21-32(41-2)34(43-4)33(22-25)42-3)19-20-39(31)18-8-6-7-9-30(26-10-14-28(36)15-11-26)27-12-16-29(37)17-13-27/h10-17,21-22,30-31H,5-9,18-20,23-24H2,1-4H3. The van der Waals surface area contributed by atoms with Crippen LogP contribution in [0.5, 0.6) is 17.2 Å². The third-order valence-corrected chi connectivity index (χ3v) is 8.25. The summed E-state index contributed by atoms with van der Waals surface area (Å²) < 4.78 is 49.1. The van der Waals surface area contributed by atoms with Crippen molar-refractivity contribution in [2.45, 2.75) is 51.1 Å². The van der Waals surface area contributed by atoms with E-state index in [-0.39, 0.29) is 29.6 Å². The fourth-order valence-corrected chi connectivity index (χ4v) is 5.99. The highest BCUT2D eigenvalue weighted by molar-refractivity contribution is 5.76. The van der Waals surface area contributed by atoms with Gasteiger partial charge in [0.2, 0.25) is 5.75 Å². The fourth-order valence-electron chi connectivity index (χ4n) is 5.99. The fraction of sp³-hybridized carbons (Fsp3) is 0.457. The Morgan fingerprint density at radius 1 is 0.841 bits per heavy atom. The second-order valence-corrected chi connectivity index (χ2v) is 11.1. The van der Waals surface area contributed by atoms with Gasteiger partial charge in [-0.05, 0) is 79.4 Å². The van der Waals surface area contributed by atoms with Gasteiger partial charge in [0, 0.05) is 32.1 Å². The topological polar surface area (TPSA) is 60.5 Å². The zero-order valence-electron chi connectivity index (χ0n) is 26.2. The first kappa shape index (κ1) is 33.2. The number of ether oxygens (including phenoxy) is 4. The third kappa shape index (κ3) is 8.70. The molecule has 1 unspecified atom stereocenters. The van der Waals surface area contributed by atoms with Gasteiger partial charge in [0.05, 0.1) is 27.9 Å². The lowest BCUT2D eigenvalue weighted by atomic mass is 9.87. The van der Waals surface area contributed by atoms with E-state index in [0.29, 0.717) is 36.9 Å². The van der Waals surface area contributed by atoms with E-state index in [1.54, 1.807) is 21.3 Å². The van der Waals surface area contributed by atoms with Crippen LogP contribution in [0.15, 0.2) is 60.7 Å². The van der Waals surface area contributed by atoms with E-state index in [1.807, 2.05) is 43.3 Å². The van der Waals surface area contributed by atoms with Gasteiger partial charge < -0.3 is 18.9 Å². The molecular weight excluding hydrogens is 566 g/mol. The van der Waals surface area contributed by atoms with E-state index in [4.69, 9.17) is 18.9 Å². The van der Waals surface area contributed by atoms with E-state index in [1.165, 1.54) is 24.3 Å². The lowest BCUT2D eigenvalue weighted by molar-refractivity contribution is -0.152. The van der Waals surface area contributed by atoms with Crippen molar-refractivity contribution in [3.05, 3.63) is 89.0 Å². The molecular formula is C35H44F2N2O5. The number of halogens is 2. The summed E-state index contributed by atoms with van der Waals surface area (Å²) in [6, 6.07) is 16.7. The summed E-state index contributed by atoms with van der Waals surface area (Å²) >= 11 is 0. The number of esters is 1. The first-order valence-corrected chi connectivity index (χ1v) is 15.3. The SMILES string of the molecule is CCOC(=O)C1CN(Cc2cc(OC)c(OC)c(OC)c2)CCN1CCCCCC(c1ccc(F)cc1)c1ccc(F)cc1. The lowest BCUT2D eigenvalue weighted by Crippen LogP contribution is -2.56. The molecule has 0 aliphatic carbocycles. The minimum atomic E-state index is -0.350. The largest absolute Gasteiger partial charge is 0.493 e. The summed E-state index contributed by atoms with van der Waals surface area (Å²) in [6.07, 6.45) is 3.72.